The molecule has 0 aliphatic carbocycles. The third-order valence-corrected chi connectivity index (χ3v) is 10.5. The van der Waals surface area contributed by atoms with Crippen molar-refractivity contribution in [3.63, 3.8) is 0 Å². The zero-order valence-electron chi connectivity index (χ0n) is 29.7. The predicted molar refractivity (Wildman–Crippen MR) is 189 cm³/mol. The number of nitrogens with zero attached hydrogens (tertiary/aromatic N) is 2. The van der Waals surface area contributed by atoms with Crippen molar-refractivity contribution in [2.75, 3.05) is 39.0 Å². The summed E-state index contributed by atoms with van der Waals surface area (Å²) in [5.74, 6) is -1.30. The molecule has 3 amide bonds. The Labute approximate surface area is 303 Å². The molecule has 0 aromatic heterocycles. The summed E-state index contributed by atoms with van der Waals surface area (Å²) in [6, 6.07) is 2.60. The van der Waals surface area contributed by atoms with E-state index in [9.17, 15) is 24.3 Å². The first kappa shape index (κ1) is 39.5. The number of alkyl carbamates (subject to hydrolysis) is 1. The zero-order chi connectivity index (χ0) is 37.1. The van der Waals surface area contributed by atoms with Crippen LogP contribution >= 0.6 is 24.2 Å². The molecule has 2 fully saturated rings. The van der Waals surface area contributed by atoms with E-state index in [1.165, 1.54) is 38.0 Å². The number of epoxide rings is 1. The van der Waals surface area contributed by atoms with Gasteiger partial charge in [0.05, 0.1) is 25.3 Å². The number of aliphatic hydroxyl groups is 1. The number of benzene rings is 1. The molecule has 50 heavy (non-hydrogen) atoms. The maximum atomic E-state index is 14.0. The van der Waals surface area contributed by atoms with E-state index in [1.54, 1.807) is 45.2 Å². The molecule has 1 aromatic carbocycles. The smallest absolute Gasteiger partial charge is 0.409 e. The number of rotatable bonds is 7. The number of fused-ring (bicyclic) bond motifs is 5. The first-order chi connectivity index (χ1) is 23.5. The highest BCUT2D eigenvalue weighted by Crippen LogP contribution is 2.49. The summed E-state index contributed by atoms with van der Waals surface area (Å²) in [4.78, 5) is 55.6. The number of nitrogens with one attached hydrogen (secondary N) is 1. The Kier molecular flexibility index (Phi) is 12.6. The van der Waals surface area contributed by atoms with Gasteiger partial charge in [0, 0.05) is 40.0 Å². The van der Waals surface area contributed by atoms with Crippen molar-refractivity contribution in [3.8, 4) is 5.75 Å². The number of hydrogen-bond donors (Lipinski definition) is 3. The minimum atomic E-state index is -1.82. The Balaban J connectivity index is 1.78. The fraction of sp³-hybridized carbons (Fsp3) is 0.600. The molecule has 3 aliphatic rings. The molecule has 4 bridgehead atoms. The Bertz CT molecular complexity index is 1540. The quantitative estimate of drug-likeness (QED) is 0.214. The van der Waals surface area contributed by atoms with Gasteiger partial charge in [-0.05, 0) is 50.6 Å². The number of hydrogen-bond acceptors (Lipinski definition) is 11. The van der Waals surface area contributed by atoms with E-state index in [-0.39, 0.29) is 30.2 Å². The number of halogens is 1. The number of thiol groups is 1. The molecule has 3 aliphatic heterocycles. The van der Waals surface area contributed by atoms with Gasteiger partial charge in [-0.3, -0.25) is 14.9 Å². The number of carbonyl (C=O) groups is 4. The molecule has 0 radical (unpaired) electrons. The largest absolute Gasteiger partial charge is 0.495 e. The van der Waals surface area contributed by atoms with Crippen molar-refractivity contribution >= 4 is 53.8 Å². The average molecular weight is 738 g/mol. The Morgan fingerprint density at radius 1 is 1.28 bits per heavy atom. The normalized spacial score (nSPS) is 32.3. The molecular formula is C35H48ClN3O10S. The minimum absolute atomic E-state index is 0.0489. The number of likely N-dealkylation sites (N-methyl/N-ethyl adjacent to an activating group) is 1. The van der Waals surface area contributed by atoms with Gasteiger partial charge >= 0.3 is 12.1 Å². The minimum Gasteiger partial charge on any atom is -0.495 e. The number of carbonyl (C=O) groups excluding carboxylic acids is 4. The summed E-state index contributed by atoms with van der Waals surface area (Å²) in [6.07, 6.45) is 1.08. The van der Waals surface area contributed by atoms with Crippen molar-refractivity contribution in [3.05, 3.63) is 46.5 Å². The SMILES string of the molecule is COc1cc2cc(c1Cl)N(C)C(=O)C[C@H](OC(=O)[C@H](C)N(C)C(=O)CCS)C1(C)OC1[C@H](C)C1C[C@@](O)(NC(=O)O1)[C@H](OC)/C=C/C=C(\C)C2. The van der Waals surface area contributed by atoms with Gasteiger partial charge in [-0.1, -0.05) is 42.3 Å². The van der Waals surface area contributed by atoms with E-state index in [4.69, 9.17) is 35.3 Å². The van der Waals surface area contributed by atoms with Gasteiger partial charge in [-0.25, -0.2) is 9.59 Å². The molecular weight excluding hydrogens is 690 g/mol. The number of esters is 1. The molecule has 2 saturated heterocycles. The Hall–Kier alpha value is -3.30. The Morgan fingerprint density at radius 3 is 2.62 bits per heavy atom. The van der Waals surface area contributed by atoms with Crippen LogP contribution in [0.5, 0.6) is 5.75 Å². The zero-order valence-corrected chi connectivity index (χ0v) is 31.4. The van der Waals surface area contributed by atoms with Crippen LogP contribution in [0, 0.1) is 5.92 Å². The van der Waals surface area contributed by atoms with Gasteiger partial charge in [-0.15, -0.1) is 0 Å². The molecule has 8 atom stereocenters. The lowest BCUT2D eigenvalue weighted by atomic mass is 9.83. The van der Waals surface area contributed by atoms with Gasteiger partial charge in [0.2, 0.25) is 11.8 Å². The van der Waals surface area contributed by atoms with E-state index in [1.807, 2.05) is 13.0 Å². The summed E-state index contributed by atoms with van der Waals surface area (Å²) < 4.78 is 29.0. The second-order valence-corrected chi connectivity index (χ2v) is 14.2. The molecule has 4 rings (SSSR count). The summed E-state index contributed by atoms with van der Waals surface area (Å²) in [6.45, 7) is 6.96. The average Bonchev–Trinajstić information content (AvgIpc) is 3.76. The molecule has 0 spiro atoms. The van der Waals surface area contributed by atoms with Crippen LogP contribution in [0.4, 0.5) is 10.5 Å². The maximum absolute atomic E-state index is 14.0. The highest BCUT2D eigenvalue weighted by molar-refractivity contribution is 7.80. The summed E-state index contributed by atoms with van der Waals surface area (Å²) in [5, 5.41) is 14.4. The maximum Gasteiger partial charge on any atom is 0.409 e. The summed E-state index contributed by atoms with van der Waals surface area (Å²) in [7, 11) is 5.98. The van der Waals surface area contributed by atoms with Crippen LogP contribution in [-0.2, 0) is 39.8 Å². The van der Waals surface area contributed by atoms with Crippen molar-refractivity contribution in [1.82, 2.24) is 10.2 Å². The van der Waals surface area contributed by atoms with Crippen LogP contribution in [0.1, 0.15) is 52.5 Å². The van der Waals surface area contributed by atoms with Crippen LogP contribution in [0.25, 0.3) is 0 Å². The summed E-state index contributed by atoms with van der Waals surface area (Å²) >= 11 is 10.8. The number of amides is 3. The van der Waals surface area contributed by atoms with Gasteiger partial charge in [-0.2, -0.15) is 12.6 Å². The predicted octanol–water partition coefficient (Wildman–Crippen LogP) is 3.83. The van der Waals surface area contributed by atoms with Crippen molar-refractivity contribution in [2.45, 2.75) is 95.2 Å². The second kappa shape index (κ2) is 15.9. The highest BCUT2D eigenvalue weighted by atomic mass is 35.5. The van der Waals surface area contributed by atoms with E-state index >= 15 is 0 Å². The third-order valence-electron chi connectivity index (χ3n) is 9.85. The number of ether oxygens (including phenoxy) is 5. The lowest BCUT2D eigenvalue weighted by Gasteiger charge is -2.42. The van der Waals surface area contributed by atoms with Crippen LogP contribution in [0.2, 0.25) is 5.02 Å². The first-order valence-corrected chi connectivity index (χ1v) is 17.5. The fourth-order valence-corrected chi connectivity index (χ4v) is 6.99. The lowest BCUT2D eigenvalue weighted by Crippen LogP contribution is -2.63. The first-order valence-electron chi connectivity index (χ1n) is 16.4. The van der Waals surface area contributed by atoms with Crippen LogP contribution < -0.4 is 15.0 Å². The summed E-state index contributed by atoms with van der Waals surface area (Å²) in [5.41, 5.74) is -0.903. The van der Waals surface area contributed by atoms with Gasteiger partial charge in [0.25, 0.3) is 0 Å². The van der Waals surface area contributed by atoms with Crippen molar-refractivity contribution in [1.29, 1.82) is 0 Å². The molecule has 3 heterocycles. The van der Waals surface area contributed by atoms with Crippen LogP contribution in [0.3, 0.4) is 0 Å². The third kappa shape index (κ3) is 8.42. The van der Waals surface area contributed by atoms with Gasteiger partial charge in [0.15, 0.2) is 5.72 Å². The van der Waals surface area contributed by atoms with E-state index in [0.29, 0.717) is 23.6 Å². The fourth-order valence-electron chi connectivity index (χ4n) is 6.49. The van der Waals surface area contributed by atoms with Gasteiger partial charge in [0.1, 0.15) is 40.7 Å². The number of allylic oxidation sites excluding steroid dienone is 3. The Morgan fingerprint density at radius 2 is 1.98 bits per heavy atom. The van der Waals surface area contributed by atoms with Crippen molar-refractivity contribution < 1.29 is 48.0 Å². The van der Waals surface area contributed by atoms with Gasteiger partial charge < -0.3 is 38.6 Å². The molecule has 13 nitrogen and oxygen atoms in total. The lowest BCUT2D eigenvalue weighted by molar-refractivity contribution is -0.161. The molecule has 1 aromatic rings. The molecule has 15 heteroatoms. The van der Waals surface area contributed by atoms with E-state index < -0.39 is 65.7 Å². The van der Waals surface area contributed by atoms with Crippen LogP contribution in [-0.4, -0.2) is 110 Å². The van der Waals surface area contributed by atoms with Crippen LogP contribution in [0.15, 0.2) is 35.9 Å². The standard InChI is InChI=1S/C35H48ClN3O10S/c1-19-10-9-11-26(46-8)35(44)18-25(47-33(43)37-35)20(2)31-34(4,49-31)27(48-32(42)21(3)38(5)28(40)12-13-50)17-29(41)39(6)23-15-22(14-19)16-24(45-7)30(23)36/h9-11,15-16,20-21,25-27,31,44,50H,12-14,17-18H2,1-8H3,(H,37,43)/b11-9+,19-10+/t20-,21+,25?,26-,27+,31?,34?,35+/m1/s1. The number of methoxy groups -OCH3 is 2. The second-order valence-electron chi connectivity index (χ2n) is 13.4. The molecule has 276 valence electrons. The topological polar surface area (TPSA) is 156 Å². The highest BCUT2D eigenvalue weighted by Gasteiger charge is 2.64. The van der Waals surface area contributed by atoms with E-state index in [2.05, 4.69) is 17.9 Å². The monoisotopic (exact) mass is 737 g/mol. The molecule has 3 unspecified atom stereocenters. The van der Waals surface area contributed by atoms with Crippen molar-refractivity contribution in [2.24, 2.45) is 5.92 Å². The molecule has 0 saturated carbocycles. The van der Waals surface area contributed by atoms with E-state index in [0.717, 1.165) is 11.1 Å². The molecule has 2 N–H and O–H groups in total. The number of anilines is 1.